The van der Waals surface area contributed by atoms with Crippen LogP contribution in [0.25, 0.3) is 0 Å². The fourth-order valence-electron chi connectivity index (χ4n) is 0.289. The molecule has 94 valence electrons. The first kappa shape index (κ1) is 17.5. The summed E-state index contributed by atoms with van der Waals surface area (Å²) in [6, 6.07) is 0. The van der Waals surface area contributed by atoms with Gasteiger partial charge in [0.25, 0.3) is 0 Å². The number of hydrogen-bond acceptors (Lipinski definition) is 4. The first-order valence-corrected chi connectivity index (χ1v) is 6.63. The van der Waals surface area contributed by atoms with Gasteiger partial charge in [-0.25, -0.2) is 0 Å². The number of rotatable bonds is 3. The van der Waals surface area contributed by atoms with Gasteiger partial charge in [-0.1, -0.05) is 19.3 Å². The molecule has 0 heterocycles. The van der Waals surface area contributed by atoms with E-state index in [0.29, 0.717) is 0 Å². The quantitative estimate of drug-likeness (QED) is 0.757. The summed E-state index contributed by atoms with van der Waals surface area (Å²) in [5.74, 6) is 0. The smallest absolute Gasteiger partial charge is 0.379 e. The van der Waals surface area contributed by atoms with Gasteiger partial charge >= 0.3 is 9.53 Å². The Labute approximate surface area is 96.1 Å². The molecule has 0 atom stereocenters. The summed E-state index contributed by atoms with van der Waals surface area (Å²) >= 11 is 0. The average Bonchev–Trinajstić information content (AvgIpc) is 2.90. The first-order chi connectivity index (χ1) is 6.85. The van der Waals surface area contributed by atoms with Crippen LogP contribution in [0, 0.1) is 0 Å². The Morgan fingerprint density at radius 1 is 0.867 bits per heavy atom. The molecule has 2 N–H and O–H groups in total. The highest BCUT2D eigenvalue weighted by molar-refractivity contribution is 6.36. The SMILES string of the molecule is C1CC1.CC(C)(C)N.CO[SiH](OC)OC. The van der Waals surface area contributed by atoms with Crippen LogP contribution in [0.15, 0.2) is 0 Å². The Bertz CT molecular complexity index is 108. The van der Waals surface area contributed by atoms with Gasteiger partial charge in [0.2, 0.25) is 0 Å². The molecule has 0 aromatic rings. The van der Waals surface area contributed by atoms with Crippen molar-refractivity contribution in [3.63, 3.8) is 0 Å². The highest BCUT2D eigenvalue weighted by atomic mass is 28.3. The van der Waals surface area contributed by atoms with Crippen LogP contribution < -0.4 is 5.73 Å². The van der Waals surface area contributed by atoms with Crippen LogP contribution in [0.3, 0.4) is 0 Å². The van der Waals surface area contributed by atoms with Gasteiger partial charge < -0.3 is 19.0 Å². The first-order valence-electron chi connectivity index (χ1n) is 5.22. The zero-order valence-corrected chi connectivity index (χ0v) is 12.2. The van der Waals surface area contributed by atoms with Gasteiger partial charge in [0.1, 0.15) is 0 Å². The van der Waals surface area contributed by atoms with Crippen LogP contribution >= 0.6 is 0 Å². The van der Waals surface area contributed by atoms with E-state index in [9.17, 15) is 0 Å². The zero-order valence-electron chi connectivity index (χ0n) is 11.0. The third-order valence-corrected chi connectivity index (χ3v) is 2.09. The summed E-state index contributed by atoms with van der Waals surface area (Å²) in [6.07, 6.45) is 4.50. The van der Waals surface area contributed by atoms with Crippen LogP contribution in [0.5, 0.6) is 0 Å². The third kappa shape index (κ3) is 41.0. The van der Waals surface area contributed by atoms with Crippen molar-refractivity contribution in [2.75, 3.05) is 21.3 Å². The molecule has 1 saturated carbocycles. The molecule has 15 heavy (non-hydrogen) atoms. The van der Waals surface area contributed by atoms with Crippen molar-refractivity contribution >= 4 is 9.53 Å². The van der Waals surface area contributed by atoms with E-state index >= 15 is 0 Å². The van der Waals surface area contributed by atoms with Gasteiger partial charge in [0.15, 0.2) is 0 Å². The van der Waals surface area contributed by atoms with E-state index in [1.165, 1.54) is 19.3 Å². The molecule has 0 bridgehead atoms. The number of hydrogen-bond donors (Lipinski definition) is 1. The minimum atomic E-state index is -1.67. The summed E-state index contributed by atoms with van der Waals surface area (Å²) in [7, 11) is 3.05. The monoisotopic (exact) mass is 237 g/mol. The molecule has 4 nitrogen and oxygen atoms in total. The predicted molar refractivity (Wildman–Crippen MR) is 66.0 cm³/mol. The van der Waals surface area contributed by atoms with E-state index in [-0.39, 0.29) is 5.54 Å². The van der Waals surface area contributed by atoms with Crippen LogP contribution in [0.1, 0.15) is 40.0 Å². The van der Waals surface area contributed by atoms with Crippen molar-refractivity contribution in [3.8, 4) is 0 Å². The molecule has 0 aromatic heterocycles. The Hall–Kier alpha value is 0.0569. The Balaban J connectivity index is 0. The van der Waals surface area contributed by atoms with Crippen molar-refractivity contribution in [2.45, 2.75) is 45.6 Å². The molecular formula is C10H27NO3Si. The van der Waals surface area contributed by atoms with Gasteiger partial charge in [0.05, 0.1) is 0 Å². The van der Waals surface area contributed by atoms with E-state index in [2.05, 4.69) is 0 Å². The lowest BCUT2D eigenvalue weighted by molar-refractivity contribution is 0.163. The van der Waals surface area contributed by atoms with Gasteiger partial charge in [-0.15, -0.1) is 0 Å². The molecule has 0 radical (unpaired) electrons. The second-order valence-corrected chi connectivity index (χ2v) is 6.41. The van der Waals surface area contributed by atoms with E-state index in [1.54, 1.807) is 21.3 Å². The van der Waals surface area contributed by atoms with Crippen LogP contribution in [0.2, 0.25) is 0 Å². The second-order valence-electron chi connectivity index (χ2n) is 4.42. The van der Waals surface area contributed by atoms with Gasteiger partial charge in [-0.3, -0.25) is 0 Å². The average molecular weight is 237 g/mol. The predicted octanol–water partition coefficient (Wildman–Crippen LogP) is 1.56. The van der Waals surface area contributed by atoms with Gasteiger partial charge in [0, 0.05) is 26.9 Å². The standard InChI is InChI=1S/C4H11N.C3H10O3Si.C3H6/c1-4(2,3)5;1-4-7(5-2)6-3;1-2-3-1/h5H2,1-3H3;7H,1-3H3;1-3H2. The molecule has 0 saturated heterocycles. The fraction of sp³-hybridized carbons (Fsp3) is 1.00. The third-order valence-electron chi connectivity index (χ3n) is 0.931. The molecule has 5 heteroatoms. The van der Waals surface area contributed by atoms with Gasteiger partial charge in [-0.05, 0) is 20.8 Å². The van der Waals surface area contributed by atoms with Crippen LogP contribution in [-0.2, 0) is 13.3 Å². The van der Waals surface area contributed by atoms with Crippen molar-refractivity contribution in [1.29, 1.82) is 0 Å². The summed E-state index contributed by atoms with van der Waals surface area (Å²) < 4.78 is 14.2. The summed E-state index contributed by atoms with van der Waals surface area (Å²) in [4.78, 5) is 0. The van der Waals surface area contributed by atoms with Crippen molar-refractivity contribution in [2.24, 2.45) is 5.73 Å². The minimum Gasteiger partial charge on any atom is -0.379 e. The minimum absolute atomic E-state index is 0. The lowest BCUT2D eigenvalue weighted by Gasteiger charge is -2.06. The maximum Gasteiger partial charge on any atom is 0.483 e. The van der Waals surface area contributed by atoms with Crippen molar-refractivity contribution < 1.29 is 13.3 Å². The molecule has 1 aliphatic rings. The van der Waals surface area contributed by atoms with E-state index < -0.39 is 9.53 Å². The van der Waals surface area contributed by atoms with Gasteiger partial charge in [-0.2, -0.15) is 0 Å². The van der Waals surface area contributed by atoms with Crippen LogP contribution in [0.4, 0.5) is 0 Å². The Kier molecular flexibility index (Phi) is 12.3. The molecule has 1 rings (SSSR count). The molecule has 0 spiro atoms. The van der Waals surface area contributed by atoms with E-state index in [0.717, 1.165) is 0 Å². The molecular weight excluding hydrogens is 210 g/mol. The molecule has 1 fully saturated rings. The van der Waals surface area contributed by atoms with E-state index in [1.807, 2.05) is 20.8 Å². The fourth-order valence-corrected chi connectivity index (χ4v) is 0.866. The Morgan fingerprint density at radius 2 is 1.07 bits per heavy atom. The molecule has 0 unspecified atom stereocenters. The lowest BCUT2D eigenvalue weighted by atomic mass is 10.1. The maximum atomic E-state index is 5.35. The molecule has 1 aliphatic carbocycles. The highest BCUT2D eigenvalue weighted by Gasteiger charge is 2.04. The van der Waals surface area contributed by atoms with Crippen LogP contribution in [-0.4, -0.2) is 36.4 Å². The zero-order chi connectivity index (χ0) is 12.3. The molecule has 0 aromatic carbocycles. The number of nitrogens with two attached hydrogens (primary N) is 1. The largest absolute Gasteiger partial charge is 0.483 e. The van der Waals surface area contributed by atoms with Crippen molar-refractivity contribution in [3.05, 3.63) is 0 Å². The van der Waals surface area contributed by atoms with E-state index in [4.69, 9.17) is 19.0 Å². The summed E-state index contributed by atoms with van der Waals surface area (Å²) in [5.41, 5.74) is 5.35. The highest BCUT2D eigenvalue weighted by Crippen LogP contribution is 2.14. The molecule has 0 amide bonds. The maximum absolute atomic E-state index is 5.35. The van der Waals surface area contributed by atoms with Crippen molar-refractivity contribution in [1.82, 2.24) is 0 Å². The lowest BCUT2D eigenvalue weighted by Crippen LogP contribution is -2.26. The summed E-state index contributed by atoms with van der Waals surface area (Å²) in [6.45, 7) is 5.90. The summed E-state index contributed by atoms with van der Waals surface area (Å²) in [5, 5.41) is 0. The topological polar surface area (TPSA) is 53.7 Å². The molecule has 0 aliphatic heterocycles. The normalized spacial score (nSPS) is 13.6. The Morgan fingerprint density at radius 3 is 1.07 bits per heavy atom. The second kappa shape index (κ2) is 10.6.